The summed E-state index contributed by atoms with van der Waals surface area (Å²) in [7, 11) is 1.16. The molecule has 3 rings (SSSR count). The SMILES string of the molecule is COC(=O)c1ccc(CN2C(=O)NC(=Cc3cc(Cl)cc([N+](=O)[O-])c3OCC(=O)O)C2=O)o1. The van der Waals surface area contributed by atoms with Crippen molar-refractivity contribution in [2.45, 2.75) is 6.54 Å². The van der Waals surface area contributed by atoms with E-state index in [0.29, 0.717) is 0 Å². The van der Waals surface area contributed by atoms with Crippen LogP contribution in [0.3, 0.4) is 0 Å². The lowest BCUT2D eigenvalue weighted by Crippen LogP contribution is -2.30. The van der Waals surface area contributed by atoms with Crippen molar-refractivity contribution in [3.05, 3.63) is 62.2 Å². The second-order valence-electron chi connectivity index (χ2n) is 6.42. The third kappa shape index (κ3) is 5.10. The van der Waals surface area contributed by atoms with Crippen LogP contribution in [0, 0.1) is 10.1 Å². The van der Waals surface area contributed by atoms with Crippen LogP contribution in [0.25, 0.3) is 6.08 Å². The van der Waals surface area contributed by atoms with Gasteiger partial charge in [0.05, 0.1) is 18.6 Å². The van der Waals surface area contributed by atoms with Crippen LogP contribution in [0.5, 0.6) is 5.75 Å². The van der Waals surface area contributed by atoms with Crippen LogP contribution in [0.1, 0.15) is 21.9 Å². The Bertz CT molecular complexity index is 1200. The Balaban J connectivity index is 1.92. The maximum Gasteiger partial charge on any atom is 0.373 e. The summed E-state index contributed by atoms with van der Waals surface area (Å²) in [4.78, 5) is 58.7. The number of carboxylic acids is 1. The zero-order valence-corrected chi connectivity index (χ0v) is 17.5. The van der Waals surface area contributed by atoms with E-state index in [1.54, 1.807) is 0 Å². The van der Waals surface area contributed by atoms with Crippen LogP contribution in [0.4, 0.5) is 10.5 Å². The average Bonchev–Trinajstić information content (AvgIpc) is 3.32. The molecular weight excluding hydrogens is 466 g/mol. The lowest BCUT2D eigenvalue weighted by Gasteiger charge is -2.10. The molecule has 0 radical (unpaired) electrons. The van der Waals surface area contributed by atoms with Gasteiger partial charge in [-0.15, -0.1) is 0 Å². The molecule has 13 nitrogen and oxygen atoms in total. The van der Waals surface area contributed by atoms with Gasteiger partial charge in [0.15, 0.2) is 6.61 Å². The highest BCUT2D eigenvalue weighted by molar-refractivity contribution is 6.31. The molecule has 0 aliphatic carbocycles. The van der Waals surface area contributed by atoms with Crippen molar-refractivity contribution in [1.82, 2.24) is 10.2 Å². The first kappa shape index (κ1) is 23.3. The number of ether oxygens (including phenoxy) is 2. The number of rotatable bonds is 8. The van der Waals surface area contributed by atoms with Crippen molar-refractivity contribution in [3.8, 4) is 5.75 Å². The minimum atomic E-state index is -1.39. The number of esters is 1. The van der Waals surface area contributed by atoms with Gasteiger partial charge in [0, 0.05) is 16.7 Å². The maximum atomic E-state index is 12.7. The Labute approximate surface area is 189 Å². The molecule has 2 heterocycles. The van der Waals surface area contributed by atoms with Crippen molar-refractivity contribution in [2.24, 2.45) is 0 Å². The Morgan fingerprint density at radius 3 is 2.70 bits per heavy atom. The number of nitro benzene ring substituents is 1. The number of hydrogen-bond acceptors (Lipinski definition) is 9. The molecule has 2 N–H and O–H groups in total. The number of nitrogens with zero attached hydrogens (tertiary/aromatic N) is 2. The van der Waals surface area contributed by atoms with Gasteiger partial charge in [0.1, 0.15) is 11.5 Å². The van der Waals surface area contributed by atoms with Crippen molar-refractivity contribution in [2.75, 3.05) is 13.7 Å². The molecule has 3 amide bonds. The Morgan fingerprint density at radius 2 is 2.06 bits per heavy atom. The minimum Gasteiger partial charge on any atom is -0.479 e. The van der Waals surface area contributed by atoms with Crippen molar-refractivity contribution >= 4 is 47.2 Å². The van der Waals surface area contributed by atoms with Gasteiger partial charge in [0.2, 0.25) is 11.5 Å². The first-order valence-electron chi connectivity index (χ1n) is 8.94. The highest BCUT2D eigenvalue weighted by Crippen LogP contribution is 2.36. The van der Waals surface area contributed by atoms with Gasteiger partial charge in [-0.3, -0.25) is 19.8 Å². The molecule has 0 unspecified atom stereocenters. The number of benzene rings is 1. The van der Waals surface area contributed by atoms with Crippen molar-refractivity contribution < 1.29 is 43.1 Å². The highest BCUT2D eigenvalue weighted by atomic mass is 35.5. The van der Waals surface area contributed by atoms with E-state index < -0.39 is 46.8 Å². The first-order valence-corrected chi connectivity index (χ1v) is 9.32. The molecule has 1 aliphatic rings. The molecule has 14 heteroatoms. The van der Waals surface area contributed by atoms with Gasteiger partial charge in [-0.25, -0.2) is 14.4 Å². The topological polar surface area (TPSA) is 179 Å². The van der Waals surface area contributed by atoms with Crippen LogP contribution in [0.15, 0.2) is 34.4 Å². The number of urea groups is 1. The molecular formula is C19H14ClN3O10. The van der Waals surface area contributed by atoms with E-state index >= 15 is 0 Å². The smallest absolute Gasteiger partial charge is 0.373 e. The molecule has 0 saturated carbocycles. The molecule has 0 bridgehead atoms. The number of methoxy groups -OCH3 is 1. The number of nitro groups is 1. The summed E-state index contributed by atoms with van der Waals surface area (Å²) in [6.07, 6.45) is 1.07. The molecule has 1 fully saturated rings. The van der Waals surface area contributed by atoms with E-state index in [2.05, 4.69) is 10.1 Å². The molecule has 33 heavy (non-hydrogen) atoms. The fourth-order valence-electron chi connectivity index (χ4n) is 2.83. The van der Waals surface area contributed by atoms with E-state index in [4.69, 9.17) is 25.9 Å². The molecule has 1 saturated heterocycles. The first-order chi connectivity index (χ1) is 15.6. The maximum absolute atomic E-state index is 12.7. The van der Waals surface area contributed by atoms with E-state index in [1.165, 1.54) is 18.2 Å². The lowest BCUT2D eigenvalue weighted by atomic mass is 10.1. The summed E-state index contributed by atoms with van der Waals surface area (Å²) < 4.78 is 14.8. The Hall–Kier alpha value is -4.39. The fourth-order valence-corrected chi connectivity index (χ4v) is 3.05. The zero-order chi connectivity index (χ0) is 24.3. The molecule has 172 valence electrons. The van der Waals surface area contributed by atoms with Gasteiger partial charge < -0.3 is 24.3 Å². The number of nitrogens with one attached hydrogen (secondary N) is 1. The second kappa shape index (κ2) is 9.40. The van der Waals surface area contributed by atoms with Crippen LogP contribution in [0.2, 0.25) is 5.02 Å². The van der Waals surface area contributed by atoms with Crippen LogP contribution < -0.4 is 10.1 Å². The van der Waals surface area contributed by atoms with E-state index in [0.717, 1.165) is 24.2 Å². The Morgan fingerprint density at radius 1 is 1.33 bits per heavy atom. The number of furan rings is 1. The molecule has 1 aromatic carbocycles. The number of aliphatic carboxylic acids is 1. The standard InChI is InChI=1S/C19H14ClN3O10/c1-31-18(27)14-3-2-11(33-14)7-22-17(26)12(21-19(22)28)5-9-4-10(20)6-13(23(29)30)16(9)32-8-15(24)25/h2-6H,7-8H2,1H3,(H,21,28)(H,24,25). The third-order valence-corrected chi connectivity index (χ3v) is 4.44. The quantitative estimate of drug-likeness (QED) is 0.187. The van der Waals surface area contributed by atoms with Crippen LogP contribution in [-0.4, -0.2) is 52.5 Å². The normalized spacial score (nSPS) is 14.4. The summed E-state index contributed by atoms with van der Waals surface area (Å²) in [5.41, 5.74) is -1.02. The van der Waals surface area contributed by atoms with Gasteiger partial charge in [-0.05, 0) is 24.3 Å². The molecule has 0 atom stereocenters. The van der Waals surface area contributed by atoms with Crippen LogP contribution in [-0.2, 0) is 20.9 Å². The molecule has 1 aromatic heterocycles. The van der Waals surface area contributed by atoms with E-state index in [1.807, 2.05) is 0 Å². The molecule has 1 aliphatic heterocycles. The van der Waals surface area contributed by atoms with Crippen molar-refractivity contribution in [3.63, 3.8) is 0 Å². The molecule has 0 spiro atoms. The highest BCUT2D eigenvalue weighted by Gasteiger charge is 2.35. The number of carbonyl (C=O) groups excluding carboxylic acids is 3. The minimum absolute atomic E-state index is 0.0872. The number of amides is 3. The summed E-state index contributed by atoms with van der Waals surface area (Å²) in [5.74, 6) is -3.41. The summed E-state index contributed by atoms with van der Waals surface area (Å²) in [6, 6.07) is 4.03. The Kier molecular flexibility index (Phi) is 6.63. The largest absolute Gasteiger partial charge is 0.479 e. The number of carbonyl (C=O) groups is 4. The lowest BCUT2D eigenvalue weighted by molar-refractivity contribution is -0.385. The number of hydrogen-bond donors (Lipinski definition) is 2. The number of imide groups is 1. The third-order valence-electron chi connectivity index (χ3n) is 4.22. The van der Waals surface area contributed by atoms with Gasteiger partial charge in [-0.1, -0.05) is 11.6 Å². The monoisotopic (exact) mass is 479 g/mol. The van der Waals surface area contributed by atoms with Crippen LogP contribution >= 0.6 is 11.6 Å². The fraction of sp³-hybridized carbons (Fsp3) is 0.158. The van der Waals surface area contributed by atoms with E-state index in [-0.39, 0.29) is 34.3 Å². The number of halogens is 1. The predicted octanol–water partition coefficient (Wildman–Crippen LogP) is 2.18. The van der Waals surface area contributed by atoms with Gasteiger partial charge in [0.25, 0.3) is 5.91 Å². The summed E-state index contributed by atoms with van der Waals surface area (Å²) in [6.45, 7) is -1.22. The van der Waals surface area contributed by atoms with Crippen molar-refractivity contribution in [1.29, 1.82) is 0 Å². The zero-order valence-electron chi connectivity index (χ0n) is 16.7. The number of carboxylic acid groups (broad SMARTS) is 1. The molecule has 2 aromatic rings. The van der Waals surface area contributed by atoms with E-state index in [9.17, 15) is 29.3 Å². The second-order valence-corrected chi connectivity index (χ2v) is 6.86. The predicted molar refractivity (Wildman–Crippen MR) is 108 cm³/mol. The summed E-state index contributed by atoms with van der Waals surface area (Å²) >= 11 is 5.92. The van der Waals surface area contributed by atoms with Gasteiger partial charge >= 0.3 is 23.7 Å². The van der Waals surface area contributed by atoms with Gasteiger partial charge in [-0.2, -0.15) is 0 Å². The summed E-state index contributed by atoms with van der Waals surface area (Å²) in [5, 5.41) is 22.4. The average molecular weight is 480 g/mol.